The number of unbranched alkanes of at least 4 members (excludes halogenated alkanes) is 1. The van der Waals surface area contributed by atoms with Gasteiger partial charge in [-0.05, 0) is 44.1 Å². The second-order valence-electron chi connectivity index (χ2n) is 9.69. The van der Waals surface area contributed by atoms with E-state index in [1.165, 1.54) is 0 Å². The quantitative estimate of drug-likeness (QED) is 0.190. The Morgan fingerprint density at radius 2 is 1.45 bits per heavy atom. The molecule has 0 aromatic heterocycles. The molecule has 1 saturated heterocycles. The first kappa shape index (κ1) is 30.1. The van der Waals surface area contributed by atoms with Crippen molar-refractivity contribution in [3.05, 3.63) is 35.9 Å². The third-order valence-corrected chi connectivity index (χ3v) is 7.09. The van der Waals surface area contributed by atoms with Crippen LogP contribution in [0.3, 0.4) is 0 Å². The van der Waals surface area contributed by atoms with Crippen molar-refractivity contribution < 1.29 is 53.6 Å². The van der Waals surface area contributed by atoms with Gasteiger partial charge in [0.25, 0.3) is 0 Å². The van der Waals surface area contributed by atoms with E-state index in [0.717, 1.165) is 5.56 Å². The molecule has 2 aliphatic rings. The molecule has 216 valence electrons. The molecule has 1 saturated carbocycles. The summed E-state index contributed by atoms with van der Waals surface area (Å²) in [6, 6.07) is 4.01. The minimum Gasteiger partial charge on any atom is -0.481 e. The van der Waals surface area contributed by atoms with Crippen LogP contribution in [0.15, 0.2) is 30.3 Å². The highest BCUT2D eigenvalue weighted by Gasteiger charge is 2.63. The molecule has 5 amide bonds. The van der Waals surface area contributed by atoms with E-state index >= 15 is 0 Å². The van der Waals surface area contributed by atoms with Crippen molar-refractivity contribution in [3.63, 3.8) is 0 Å². The number of hydrogen-bond acceptors (Lipinski definition) is 8. The largest absolute Gasteiger partial charge is 0.481 e. The maximum absolute atomic E-state index is 13.3. The SMILES string of the molecule is O=C(O)CC[C@@H](C(=O)O)N1C(=O)N([C@@H](CCCCNC(=O)OCc2ccccc2)C(=O)O)C(=O)C2(CCC2)C1=O. The van der Waals surface area contributed by atoms with Crippen LogP contribution >= 0.6 is 0 Å². The summed E-state index contributed by atoms with van der Waals surface area (Å²) in [6.45, 7) is 0.181. The van der Waals surface area contributed by atoms with E-state index in [9.17, 15) is 43.8 Å². The van der Waals surface area contributed by atoms with Crippen LogP contribution in [0, 0.1) is 5.41 Å². The Kier molecular flexibility index (Phi) is 9.80. The van der Waals surface area contributed by atoms with E-state index in [1.807, 2.05) is 6.07 Å². The predicted molar refractivity (Wildman–Crippen MR) is 134 cm³/mol. The van der Waals surface area contributed by atoms with Crippen LogP contribution < -0.4 is 5.32 Å². The molecule has 1 aliphatic heterocycles. The standard InChI is InChI=1S/C26H31N3O11/c30-19(31)11-10-18(21(34)35)29-23(37)26(12-6-13-26)22(36)28(25(29)39)17(20(32)33)9-4-5-14-27-24(38)40-15-16-7-2-1-3-8-16/h1-3,7-8,17-18H,4-6,9-15H2,(H,27,38)(H,30,31)(H,32,33)(H,34,35)/t17-,18-/m0/s1. The van der Waals surface area contributed by atoms with Crippen molar-refractivity contribution in [3.8, 4) is 0 Å². The van der Waals surface area contributed by atoms with Gasteiger partial charge in [-0.25, -0.2) is 29.0 Å². The van der Waals surface area contributed by atoms with Crippen LogP contribution in [0.4, 0.5) is 9.59 Å². The van der Waals surface area contributed by atoms with Gasteiger partial charge in [-0.2, -0.15) is 0 Å². The van der Waals surface area contributed by atoms with Gasteiger partial charge in [0.1, 0.15) is 24.1 Å². The van der Waals surface area contributed by atoms with Crippen LogP contribution in [0.25, 0.3) is 0 Å². The van der Waals surface area contributed by atoms with Gasteiger partial charge in [0, 0.05) is 13.0 Å². The minimum absolute atomic E-state index is 0.0115. The molecule has 0 unspecified atom stereocenters. The van der Waals surface area contributed by atoms with Gasteiger partial charge in [-0.1, -0.05) is 36.8 Å². The lowest BCUT2D eigenvalue weighted by molar-refractivity contribution is -0.175. The summed E-state index contributed by atoms with van der Waals surface area (Å²) in [6.07, 6.45) is -1.30. The van der Waals surface area contributed by atoms with Gasteiger partial charge in [-0.15, -0.1) is 0 Å². The fourth-order valence-corrected chi connectivity index (χ4v) is 4.76. The second-order valence-corrected chi connectivity index (χ2v) is 9.69. The second kappa shape index (κ2) is 13.0. The zero-order valence-electron chi connectivity index (χ0n) is 21.6. The summed E-state index contributed by atoms with van der Waals surface area (Å²) in [5.74, 6) is -6.58. The van der Waals surface area contributed by atoms with Gasteiger partial charge in [0.15, 0.2) is 0 Å². The van der Waals surface area contributed by atoms with E-state index in [1.54, 1.807) is 24.3 Å². The van der Waals surface area contributed by atoms with Gasteiger partial charge >= 0.3 is 30.0 Å². The van der Waals surface area contributed by atoms with Crippen LogP contribution in [-0.4, -0.2) is 85.6 Å². The Hall–Kier alpha value is -4.49. The van der Waals surface area contributed by atoms with E-state index in [-0.39, 0.29) is 45.3 Å². The average Bonchev–Trinajstić information content (AvgIpc) is 2.87. The highest BCUT2D eigenvalue weighted by Crippen LogP contribution is 2.48. The zero-order chi connectivity index (χ0) is 29.4. The Labute approximate surface area is 228 Å². The molecule has 14 nitrogen and oxygen atoms in total. The first-order valence-electron chi connectivity index (χ1n) is 12.8. The molecule has 14 heteroatoms. The monoisotopic (exact) mass is 561 g/mol. The molecule has 1 aromatic carbocycles. The number of alkyl carbamates (subject to hydrolysis) is 1. The lowest BCUT2D eigenvalue weighted by Crippen LogP contribution is -2.72. The normalized spacial score (nSPS) is 17.6. The number of urea groups is 1. The van der Waals surface area contributed by atoms with Crippen molar-refractivity contribution >= 4 is 41.8 Å². The lowest BCUT2D eigenvalue weighted by atomic mass is 9.65. The molecule has 40 heavy (non-hydrogen) atoms. The number of carboxylic acids is 3. The van der Waals surface area contributed by atoms with E-state index in [2.05, 4.69) is 5.32 Å². The van der Waals surface area contributed by atoms with E-state index in [0.29, 0.717) is 16.2 Å². The van der Waals surface area contributed by atoms with Gasteiger partial charge in [0.2, 0.25) is 11.8 Å². The molecule has 1 heterocycles. The molecule has 1 aromatic rings. The number of nitrogens with one attached hydrogen (secondary N) is 1. The maximum atomic E-state index is 13.3. The fraction of sp³-hybridized carbons (Fsp3) is 0.500. The topological polar surface area (TPSA) is 208 Å². The van der Waals surface area contributed by atoms with Crippen molar-refractivity contribution in [2.45, 2.75) is 70.1 Å². The van der Waals surface area contributed by atoms with Crippen molar-refractivity contribution in [1.82, 2.24) is 15.1 Å². The molecule has 3 rings (SSSR count). The van der Waals surface area contributed by atoms with Gasteiger partial charge in [-0.3, -0.25) is 14.4 Å². The highest BCUT2D eigenvalue weighted by atomic mass is 16.5. The molecular formula is C26H31N3O11. The Morgan fingerprint density at radius 3 is 1.95 bits per heavy atom. The van der Waals surface area contributed by atoms with Crippen LogP contribution in [0.5, 0.6) is 0 Å². The smallest absolute Gasteiger partial charge is 0.407 e. The third-order valence-electron chi connectivity index (χ3n) is 7.09. The van der Waals surface area contributed by atoms with Crippen molar-refractivity contribution in [2.75, 3.05) is 6.54 Å². The van der Waals surface area contributed by atoms with E-state index < -0.39 is 72.2 Å². The number of carbonyl (C=O) groups excluding carboxylic acids is 4. The third kappa shape index (κ3) is 6.55. The molecule has 4 N–H and O–H groups in total. The summed E-state index contributed by atoms with van der Waals surface area (Å²) < 4.78 is 5.09. The number of rotatable bonds is 14. The average molecular weight is 562 g/mol. The Balaban J connectivity index is 1.66. The van der Waals surface area contributed by atoms with Gasteiger partial charge in [0.05, 0.1) is 0 Å². The van der Waals surface area contributed by atoms with Gasteiger partial charge < -0.3 is 25.4 Å². The summed E-state index contributed by atoms with van der Waals surface area (Å²) >= 11 is 0. The number of aliphatic carboxylic acids is 3. The number of hydrogen-bond donors (Lipinski definition) is 4. The Morgan fingerprint density at radius 1 is 0.875 bits per heavy atom. The molecule has 1 aliphatic carbocycles. The number of carbonyl (C=O) groups is 7. The maximum Gasteiger partial charge on any atom is 0.407 e. The first-order valence-corrected chi connectivity index (χ1v) is 12.8. The zero-order valence-corrected chi connectivity index (χ0v) is 21.6. The summed E-state index contributed by atoms with van der Waals surface area (Å²) in [5.41, 5.74) is -0.967. The molecule has 2 atom stereocenters. The number of benzene rings is 1. The number of nitrogens with zero attached hydrogens (tertiary/aromatic N) is 2. The molecular weight excluding hydrogens is 530 g/mol. The number of carboxylic acid groups (broad SMARTS) is 3. The minimum atomic E-state index is -1.88. The van der Waals surface area contributed by atoms with Crippen LogP contribution in [-0.2, 0) is 35.3 Å². The van der Waals surface area contributed by atoms with Crippen LogP contribution in [0.1, 0.15) is 56.9 Å². The number of barbiturate groups is 1. The summed E-state index contributed by atoms with van der Waals surface area (Å²) in [4.78, 5) is 87.7. The summed E-state index contributed by atoms with van der Waals surface area (Å²) in [5, 5.41) is 31.1. The van der Waals surface area contributed by atoms with Crippen LogP contribution in [0.2, 0.25) is 0 Å². The van der Waals surface area contributed by atoms with E-state index in [4.69, 9.17) is 9.84 Å². The van der Waals surface area contributed by atoms with Crippen molar-refractivity contribution in [2.24, 2.45) is 5.41 Å². The molecule has 2 fully saturated rings. The Bertz CT molecular complexity index is 1170. The lowest BCUT2D eigenvalue weighted by Gasteiger charge is -2.50. The molecule has 1 spiro atoms. The highest BCUT2D eigenvalue weighted by molar-refractivity contribution is 6.21. The molecule has 0 radical (unpaired) electrons. The number of imide groups is 2. The summed E-state index contributed by atoms with van der Waals surface area (Å²) in [7, 11) is 0. The number of amides is 5. The fourth-order valence-electron chi connectivity index (χ4n) is 4.76. The molecule has 0 bridgehead atoms. The van der Waals surface area contributed by atoms with Crippen molar-refractivity contribution in [1.29, 1.82) is 0 Å². The predicted octanol–water partition coefficient (Wildman–Crippen LogP) is 1.82. The first-order chi connectivity index (χ1) is 19.0. The number of ether oxygens (including phenoxy) is 1.